The van der Waals surface area contributed by atoms with E-state index in [1.165, 1.54) is 0 Å². The number of hydrogen-bond donors (Lipinski definition) is 1. The minimum Gasteiger partial charge on any atom is -0.354 e. The van der Waals surface area contributed by atoms with Gasteiger partial charge >= 0.3 is 0 Å². The Labute approximate surface area is 122 Å². The predicted molar refractivity (Wildman–Crippen MR) is 78.2 cm³/mol. The van der Waals surface area contributed by atoms with Crippen LogP contribution >= 0.6 is 0 Å². The van der Waals surface area contributed by atoms with Gasteiger partial charge in [0.15, 0.2) is 0 Å². The molecule has 0 aliphatic rings. The second-order valence-electron chi connectivity index (χ2n) is 4.35. The molecule has 0 atom stereocenters. The normalized spacial score (nSPS) is 10.5. The molecule has 0 saturated heterocycles. The quantitative estimate of drug-likeness (QED) is 0.762. The fourth-order valence-electron chi connectivity index (χ4n) is 1.88. The highest BCUT2D eigenvalue weighted by Gasteiger charge is 2.09. The lowest BCUT2D eigenvalue weighted by atomic mass is 10.2. The topological polar surface area (TPSA) is 81.4 Å². The fourth-order valence-corrected chi connectivity index (χ4v) is 1.88. The van der Waals surface area contributed by atoms with E-state index in [9.17, 15) is 0 Å². The molecule has 0 radical (unpaired) electrons. The van der Waals surface area contributed by atoms with Crippen molar-refractivity contribution in [1.29, 1.82) is 0 Å². The van der Waals surface area contributed by atoms with Crippen molar-refractivity contribution in [2.75, 3.05) is 11.9 Å². The Bertz CT molecular complexity index is 695. The van der Waals surface area contributed by atoms with Crippen molar-refractivity contribution in [1.82, 2.24) is 29.7 Å². The maximum atomic E-state index is 4.45. The molecule has 7 nitrogen and oxygen atoms in total. The molecule has 0 unspecified atom stereocenters. The average molecular weight is 281 g/mol. The van der Waals surface area contributed by atoms with Gasteiger partial charge in [0.05, 0.1) is 6.42 Å². The van der Waals surface area contributed by atoms with Crippen LogP contribution in [0, 0.1) is 0 Å². The van der Waals surface area contributed by atoms with Crippen LogP contribution in [0.5, 0.6) is 0 Å². The summed E-state index contributed by atoms with van der Waals surface area (Å²) in [6, 6.07) is 7.61. The van der Waals surface area contributed by atoms with E-state index in [0.717, 1.165) is 12.2 Å². The van der Waals surface area contributed by atoms with Gasteiger partial charge in [0.25, 0.3) is 5.95 Å². The van der Waals surface area contributed by atoms with E-state index in [1.54, 1.807) is 23.3 Å². The van der Waals surface area contributed by atoms with E-state index < -0.39 is 0 Å². The molecule has 106 valence electrons. The van der Waals surface area contributed by atoms with Gasteiger partial charge in [-0.15, -0.1) is 0 Å². The Kier molecular flexibility index (Phi) is 3.81. The summed E-state index contributed by atoms with van der Waals surface area (Å²) in [5.74, 6) is 1.70. The first-order valence-corrected chi connectivity index (χ1v) is 6.74. The molecule has 3 rings (SSSR count). The monoisotopic (exact) mass is 281 g/mol. The van der Waals surface area contributed by atoms with Crippen LogP contribution in [0.3, 0.4) is 0 Å². The summed E-state index contributed by atoms with van der Waals surface area (Å²) in [5.41, 5.74) is 0.914. The molecule has 1 N–H and O–H groups in total. The standard InChI is InChI=1S/C14H15N7/c1-2-15-13-18-12(10-11-6-3-4-7-16-11)19-14(20-13)21-9-5-8-17-21/h3-9H,2,10H2,1H3,(H,15,18,19,20). The summed E-state index contributed by atoms with van der Waals surface area (Å²) < 4.78 is 1.62. The zero-order valence-electron chi connectivity index (χ0n) is 11.6. The zero-order chi connectivity index (χ0) is 14.5. The van der Waals surface area contributed by atoms with Crippen molar-refractivity contribution >= 4 is 5.95 Å². The minimum absolute atomic E-state index is 0.497. The molecule has 0 fully saturated rings. The summed E-state index contributed by atoms with van der Waals surface area (Å²) in [7, 11) is 0. The van der Waals surface area contributed by atoms with Crippen LogP contribution in [0.1, 0.15) is 18.4 Å². The van der Waals surface area contributed by atoms with E-state index in [1.807, 2.05) is 31.2 Å². The lowest BCUT2D eigenvalue weighted by Gasteiger charge is -2.07. The number of aromatic nitrogens is 6. The van der Waals surface area contributed by atoms with Crippen molar-refractivity contribution in [2.45, 2.75) is 13.3 Å². The second kappa shape index (κ2) is 6.08. The van der Waals surface area contributed by atoms with Crippen LogP contribution in [-0.2, 0) is 6.42 Å². The summed E-state index contributed by atoms with van der Waals surface area (Å²) in [4.78, 5) is 17.5. The highest BCUT2D eigenvalue weighted by atomic mass is 15.4. The molecule has 3 aromatic heterocycles. The fraction of sp³-hybridized carbons (Fsp3) is 0.214. The molecule has 0 aliphatic carbocycles. The van der Waals surface area contributed by atoms with Gasteiger partial charge < -0.3 is 5.32 Å². The highest BCUT2D eigenvalue weighted by molar-refractivity contribution is 5.29. The second-order valence-corrected chi connectivity index (χ2v) is 4.35. The lowest BCUT2D eigenvalue weighted by molar-refractivity contribution is 0.771. The molecule has 3 aromatic rings. The SMILES string of the molecule is CCNc1nc(Cc2ccccn2)nc(-n2cccn2)n1. The highest BCUT2D eigenvalue weighted by Crippen LogP contribution is 2.08. The molecule has 3 heterocycles. The van der Waals surface area contributed by atoms with Crippen LogP contribution in [-0.4, -0.2) is 36.3 Å². The van der Waals surface area contributed by atoms with E-state index in [-0.39, 0.29) is 0 Å². The Balaban J connectivity index is 1.95. The molecule has 7 heteroatoms. The van der Waals surface area contributed by atoms with Crippen molar-refractivity contribution in [3.8, 4) is 5.95 Å². The third kappa shape index (κ3) is 3.19. The van der Waals surface area contributed by atoms with Crippen molar-refractivity contribution in [3.05, 3.63) is 54.4 Å². The van der Waals surface area contributed by atoms with Gasteiger partial charge in [-0.2, -0.15) is 20.1 Å². The number of hydrogen-bond acceptors (Lipinski definition) is 6. The first-order valence-electron chi connectivity index (χ1n) is 6.74. The van der Waals surface area contributed by atoms with E-state index in [4.69, 9.17) is 0 Å². The molecular formula is C14H15N7. The number of anilines is 1. The maximum absolute atomic E-state index is 4.45. The van der Waals surface area contributed by atoms with Gasteiger partial charge in [-0.3, -0.25) is 4.98 Å². The maximum Gasteiger partial charge on any atom is 0.255 e. The largest absolute Gasteiger partial charge is 0.354 e. The van der Waals surface area contributed by atoms with Gasteiger partial charge in [-0.05, 0) is 25.1 Å². The van der Waals surface area contributed by atoms with Gasteiger partial charge in [0, 0.05) is 30.8 Å². The smallest absolute Gasteiger partial charge is 0.255 e. The Morgan fingerprint density at radius 1 is 1.10 bits per heavy atom. The molecule has 0 aromatic carbocycles. The van der Waals surface area contributed by atoms with E-state index in [0.29, 0.717) is 24.1 Å². The Hall–Kier alpha value is -2.83. The molecule has 0 saturated carbocycles. The van der Waals surface area contributed by atoms with Crippen molar-refractivity contribution in [2.24, 2.45) is 0 Å². The van der Waals surface area contributed by atoms with Crippen LogP contribution in [0.2, 0.25) is 0 Å². The Morgan fingerprint density at radius 2 is 2.05 bits per heavy atom. The summed E-state index contributed by atoms with van der Waals surface area (Å²) in [6.45, 7) is 2.74. The van der Waals surface area contributed by atoms with Crippen LogP contribution in [0.25, 0.3) is 5.95 Å². The van der Waals surface area contributed by atoms with E-state index >= 15 is 0 Å². The molecule has 0 spiro atoms. The minimum atomic E-state index is 0.497. The van der Waals surface area contributed by atoms with Gasteiger partial charge in [0.2, 0.25) is 5.95 Å². The molecule has 21 heavy (non-hydrogen) atoms. The predicted octanol–water partition coefficient (Wildman–Crippen LogP) is 1.47. The summed E-state index contributed by atoms with van der Waals surface area (Å²) >= 11 is 0. The number of pyridine rings is 1. The van der Waals surface area contributed by atoms with Gasteiger partial charge in [-0.25, -0.2) is 4.68 Å². The average Bonchev–Trinajstić information content (AvgIpc) is 3.03. The number of rotatable bonds is 5. The first kappa shape index (κ1) is 13.2. The van der Waals surface area contributed by atoms with Crippen LogP contribution < -0.4 is 5.32 Å². The first-order chi connectivity index (χ1) is 10.3. The molecule has 0 amide bonds. The Morgan fingerprint density at radius 3 is 2.76 bits per heavy atom. The van der Waals surface area contributed by atoms with Crippen LogP contribution in [0.4, 0.5) is 5.95 Å². The third-order valence-corrected chi connectivity index (χ3v) is 2.78. The van der Waals surface area contributed by atoms with E-state index in [2.05, 4.69) is 30.4 Å². The molecule has 0 aliphatic heterocycles. The third-order valence-electron chi connectivity index (χ3n) is 2.78. The molecular weight excluding hydrogens is 266 g/mol. The van der Waals surface area contributed by atoms with Gasteiger partial charge in [-0.1, -0.05) is 6.07 Å². The van der Waals surface area contributed by atoms with Crippen molar-refractivity contribution in [3.63, 3.8) is 0 Å². The molecule has 0 bridgehead atoms. The summed E-state index contributed by atoms with van der Waals surface area (Å²) in [6.07, 6.45) is 5.80. The number of nitrogens with one attached hydrogen (secondary N) is 1. The summed E-state index contributed by atoms with van der Waals surface area (Å²) in [5, 5.41) is 7.27. The van der Waals surface area contributed by atoms with Crippen molar-refractivity contribution < 1.29 is 0 Å². The van der Waals surface area contributed by atoms with Crippen LogP contribution in [0.15, 0.2) is 42.9 Å². The number of nitrogens with zero attached hydrogens (tertiary/aromatic N) is 6. The lowest BCUT2D eigenvalue weighted by Crippen LogP contribution is -2.12. The van der Waals surface area contributed by atoms with Gasteiger partial charge in [0.1, 0.15) is 5.82 Å². The zero-order valence-corrected chi connectivity index (χ0v) is 11.6.